The Morgan fingerprint density at radius 3 is 2.32 bits per heavy atom. The number of hydrogen-bond acceptors (Lipinski definition) is 4. The molecule has 28 heavy (non-hydrogen) atoms. The van der Waals surface area contributed by atoms with Crippen molar-refractivity contribution in [2.45, 2.75) is 20.1 Å². The van der Waals surface area contributed by atoms with Crippen molar-refractivity contribution in [3.05, 3.63) is 100 Å². The lowest BCUT2D eigenvalue weighted by Gasteiger charge is -2.21. The minimum Gasteiger partial charge on any atom is -0.489 e. The molecule has 0 radical (unpaired) electrons. The maximum absolute atomic E-state index is 12.4. The van der Waals surface area contributed by atoms with Gasteiger partial charge in [0.1, 0.15) is 12.4 Å². The van der Waals surface area contributed by atoms with E-state index in [2.05, 4.69) is 15.9 Å². The summed E-state index contributed by atoms with van der Waals surface area (Å²) < 4.78 is 6.97. The lowest BCUT2D eigenvalue weighted by molar-refractivity contribution is -0.113. The highest BCUT2D eigenvalue weighted by Gasteiger charge is 2.15. The van der Waals surface area contributed by atoms with Crippen molar-refractivity contribution in [3.8, 4) is 5.75 Å². The molecule has 0 fully saturated rings. The summed E-state index contributed by atoms with van der Waals surface area (Å²) in [4.78, 5) is 17.9. The van der Waals surface area contributed by atoms with E-state index in [0.717, 1.165) is 21.3 Å². The van der Waals surface area contributed by atoms with Crippen LogP contribution in [-0.2, 0) is 18.0 Å². The van der Waals surface area contributed by atoms with E-state index in [1.54, 1.807) is 17.2 Å². The number of ether oxygens (including phenoxy) is 1. The van der Waals surface area contributed by atoms with Gasteiger partial charge in [0.2, 0.25) is 0 Å². The molecular formula is C23H22BrNO3. The highest BCUT2D eigenvalue weighted by molar-refractivity contribution is 9.10. The fraction of sp³-hybridized carbons (Fsp3) is 0.174. The molecule has 0 aliphatic heterocycles. The van der Waals surface area contributed by atoms with Crippen LogP contribution in [0.4, 0.5) is 0 Å². The first kappa shape index (κ1) is 20.1. The first-order chi connectivity index (χ1) is 13.7. The molecule has 0 aliphatic carbocycles. The van der Waals surface area contributed by atoms with Crippen molar-refractivity contribution in [1.82, 2.24) is 5.06 Å². The van der Waals surface area contributed by atoms with Gasteiger partial charge in [0.15, 0.2) is 0 Å². The van der Waals surface area contributed by atoms with Crippen LogP contribution in [0, 0.1) is 0 Å². The number of hydrogen-bond donors (Lipinski definition) is 0. The molecule has 144 valence electrons. The van der Waals surface area contributed by atoms with E-state index in [4.69, 9.17) is 9.57 Å². The van der Waals surface area contributed by atoms with Gasteiger partial charge in [-0.1, -0.05) is 64.5 Å². The van der Waals surface area contributed by atoms with Gasteiger partial charge in [-0.3, -0.25) is 0 Å². The Labute approximate surface area is 173 Å². The molecule has 0 aromatic heterocycles. The summed E-state index contributed by atoms with van der Waals surface area (Å²) in [5.74, 6) is 0.394. The van der Waals surface area contributed by atoms with Gasteiger partial charge in [-0.05, 0) is 42.8 Å². The second kappa shape index (κ2) is 10.1. The summed E-state index contributed by atoms with van der Waals surface area (Å²) in [6.45, 7) is 3.41. The summed E-state index contributed by atoms with van der Waals surface area (Å²) in [7, 11) is 0. The number of halogens is 1. The summed E-state index contributed by atoms with van der Waals surface area (Å²) in [6, 6.07) is 24.8. The highest BCUT2D eigenvalue weighted by Crippen LogP contribution is 2.26. The SMILES string of the molecule is CCN(Cc1cc(Br)ccc1OCc1ccccc1)OC(=O)c1ccccc1. The van der Waals surface area contributed by atoms with Crippen LogP contribution in [0.2, 0.25) is 0 Å². The number of nitrogens with zero attached hydrogens (tertiary/aromatic N) is 1. The molecule has 0 aliphatic rings. The van der Waals surface area contributed by atoms with E-state index in [-0.39, 0.29) is 5.97 Å². The standard InChI is InChI=1S/C23H22BrNO3/c1-2-25(28-23(26)19-11-7-4-8-12-19)16-20-15-21(24)13-14-22(20)27-17-18-9-5-3-6-10-18/h3-15H,2,16-17H2,1H3. The van der Waals surface area contributed by atoms with Gasteiger partial charge in [-0.15, -0.1) is 5.06 Å². The van der Waals surface area contributed by atoms with Gasteiger partial charge in [-0.25, -0.2) is 4.79 Å². The van der Waals surface area contributed by atoms with E-state index in [9.17, 15) is 4.79 Å². The topological polar surface area (TPSA) is 38.8 Å². The Morgan fingerprint density at radius 1 is 0.964 bits per heavy atom. The number of benzene rings is 3. The first-order valence-electron chi connectivity index (χ1n) is 9.13. The van der Waals surface area contributed by atoms with Gasteiger partial charge in [0.05, 0.1) is 12.1 Å². The van der Waals surface area contributed by atoms with Crippen LogP contribution in [0.25, 0.3) is 0 Å². The van der Waals surface area contributed by atoms with Crippen LogP contribution in [0.15, 0.2) is 83.3 Å². The molecule has 0 atom stereocenters. The van der Waals surface area contributed by atoms with Gasteiger partial charge in [-0.2, -0.15) is 0 Å². The lowest BCUT2D eigenvalue weighted by atomic mass is 10.2. The van der Waals surface area contributed by atoms with Crippen molar-refractivity contribution in [1.29, 1.82) is 0 Å². The molecule has 0 amide bonds. The Balaban J connectivity index is 1.70. The summed E-state index contributed by atoms with van der Waals surface area (Å²) in [5, 5.41) is 1.63. The second-order valence-corrected chi connectivity index (χ2v) is 7.14. The fourth-order valence-corrected chi connectivity index (χ4v) is 3.10. The minimum atomic E-state index is -0.371. The number of carbonyl (C=O) groups excluding carboxylic acids is 1. The van der Waals surface area contributed by atoms with Crippen molar-refractivity contribution in [2.75, 3.05) is 6.54 Å². The smallest absolute Gasteiger partial charge is 0.357 e. The Kier molecular flexibility index (Phi) is 7.23. The minimum absolute atomic E-state index is 0.371. The van der Waals surface area contributed by atoms with Gasteiger partial charge >= 0.3 is 5.97 Å². The van der Waals surface area contributed by atoms with Gasteiger partial charge < -0.3 is 9.57 Å². The molecule has 0 N–H and O–H groups in total. The van der Waals surface area contributed by atoms with Crippen LogP contribution in [0.1, 0.15) is 28.4 Å². The molecular weight excluding hydrogens is 418 g/mol. The zero-order chi connectivity index (χ0) is 19.8. The molecule has 0 saturated heterocycles. The maximum atomic E-state index is 12.4. The zero-order valence-corrected chi connectivity index (χ0v) is 17.3. The van der Waals surface area contributed by atoms with Gasteiger partial charge in [0.25, 0.3) is 0 Å². The van der Waals surface area contributed by atoms with Crippen molar-refractivity contribution < 1.29 is 14.4 Å². The normalized spacial score (nSPS) is 10.7. The fourth-order valence-electron chi connectivity index (χ4n) is 2.69. The molecule has 3 aromatic carbocycles. The molecule has 3 rings (SSSR count). The third-order valence-corrected chi connectivity index (χ3v) is 4.67. The monoisotopic (exact) mass is 439 g/mol. The third-order valence-electron chi connectivity index (χ3n) is 4.18. The molecule has 0 heterocycles. The van der Waals surface area contributed by atoms with Gasteiger partial charge in [0, 0.05) is 16.6 Å². The Hall–Kier alpha value is -2.63. The Morgan fingerprint density at radius 2 is 1.64 bits per heavy atom. The quantitative estimate of drug-likeness (QED) is 0.426. The summed E-state index contributed by atoms with van der Waals surface area (Å²) >= 11 is 3.51. The average Bonchev–Trinajstić information content (AvgIpc) is 2.74. The molecule has 0 saturated carbocycles. The average molecular weight is 440 g/mol. The summed E-state index contributed by atoms with van der Waals surface area (Å²) in [6.07, 6.45) is 0. The highest BCUT2D eigenvalue weighted by atomic mass is 79.9. The molecule has 0 bridgehead atoms. The van der Waals surface area contributed by atoms with Crippen LogP contribution in [-0.4, -0.2) is 17.6 Å². The molecule has 3 aromatic rings. The van der Waals surface area contributed by atoms with Crippen molar-refractivity contribution in [2.24, 2.45) is 0 Å². The van der Waals surface area contributed by atoms with E-state index in [0.29, 0.717) is 25.3 Å². The number of rotatable bonds is 8. The summed E-state index contributed by atoms with van der Waals surface area (Å²) in [5.41, 5.74) is 2.56. The van der Waals surface area contributed by atoms with Crippen molar-refractivity contribution >= 4 is 21.9 Å². The molecule has 4 nitrogen and oxygen atoms in total. The van der Waals surface area contributed by atoms with E-state index >= 15 is 0 Å². The Bertz CT molecular complexity index is 900. The first-order valence-corrected chi connectivity index (χ1v) is 9.92. The number of carbonyl (C=O) groups is 1. The third kappa shape index (κ3) is 5.68. The van der Waals surface area contributed by atoms with E-state index in [1.165, 1.54) is 0 Å². The predicted molar refractivity (Wildman–Crippen MR) is 113 cm³/mol. The molecule has 0 unspecified atom stereocenters. The van der Waals surface area contributed by atoms with Crippen LogP contribution in [0.3, 0.4) is 0 Å². The predicted octanol–water partition coefficient (Wildman–Crippen LogP) is 5.62. The second-order valence-electron chi connectivity index (χ2n) is 6.23. The van der Waals surface area contributed by atoms with Crippen LogP contribution >= 0.6 is 15.9 Å². The van der Waals surface area contributed by atoms with E-state index < -0.39 is 0 Å². The molecule has 5 heteroatoms. The van der Waals surface area contributed by atoms with E-state index in [1.807, 2.05) is 73.7 Å². The lowest BCUT2D eigenvalue weighted by Crippen LogP contribution is -2.27. The maximum Gasteiger partial charge on any atom is 0.357 e. The van der Waals surface area contributed by atoms with Crippen LogP contribution in [0.5, 0.6) is 5.75 Å². The van der Waals surface area contributed by atoms with Crippen molar-refractivity contribution in [3.63, 3.8) is 0 Å². The number of hydroxylamine groups is 2. The van der Waals surface area contributed by atoms with Crippen LogP contribution < -0.4 is 4.74 Å². The molecule has 0 spiro atoms. The zero-order valence-electron chi connectivity index (χ0n) is 15.7. The largest absolute Gasteiger partial charge is 0.489 e.